The number of benzene rings is 4. The molecule has 250 valence electrons. The Balaban J connectivity index is 1.35. The fraction of sp³-hybridized carbons (Fsp3) is 0.205. The molecule has 4 aromatic rings. The first-order chi connectivity index (χ1) is 24.0. The van der Waals surface area contributed by atoms with E-state index in [1.54, 1.807) is 54.6 Å². The number of hydrogen-bond donors (Lipinski definition) is 2. The molecule has 2 aliphatic carbocycles. The summed E-state index contributed by atoms with van der Waals surface area (Å²) in [6.07, 6.45) is 2.09. The van der Waals surface area contributed by atoms with Crippen LogP contribution in [0.4, 0.5) is 11.4 Å². The van der Waals surface area contributed by atoms with Crippen LogP contribution < -0.4 is 9.80 Å². The van der Waals surface area contributed by atoms with E-state index in [-0.39, 0.29) is 35.5 Å². The van der Waals surface area contributed by atoms with Gasteiger partial charge in [-0.3, -0.25) is 24.1 Å². The van der Waals surface area contributed by atoms with Crippen LogP contribution in [0.2, 0.25) is 10.0 Å². The molecule has 2 aliphatic heterocycles. The Bertz CT molecular complexity index is 2190. The summed E-state index contributed by atoms with van der Waals surface area (Å²) in [7, 11) is 0. The standard InChI is InChI=1S/C39H28Cl2N2O7/c40-22-9-5-11-25(17-22)43-35(46)30-19-28-26(13-14-27-32(28)36(47)42(34(27)45)24-10-4-6-20(16-24)37(48)49)33(29-18-23(41)12-15-31(29)44)39(30,38(43)50)21-7-2-1-3-8-21/h1-13,15-18,27-28,30,32-33,44H,14,19H2,(H,48,49)/t27-,28+,30-,32-,33+,39+/m0/s1. The molecule has 50 heavy (non-hydrogen) atoms. The van der Waals surface area contributed by atoms with Crippen LogP contribution >= 0.6 is 23.2 Å². The van der Waals surface area contributed by atoms with E-state index in [2.05, 4.69) is 0 Å². The Morgan fingerprint density at radius 1 is 0.740 bits per heavy atom. The number of hydrogen-bond acceptors (Lipinski definition) is 6. The summed E-state index contributed by atoms with van der Waals surface area (Å²) >= 11 is 12.9. The van der Waals surface area contributed by atoms with E-state index >= 15 is 4.79 Å². The van der Waals surface area contributed by atoms with Crippen molar-refractivity contribution in [2.45, 2.75) is 24.2 Å². The molecule has 0 spiro atoms. The Labute approximate surface area is 296 Å². The molecule has 11 heteroatoms. The second kappa shape index (κ2) is 11.7. The number of anilines is 2. The molecule has 9 nitrogen and oxygen atoms in total. The molecule has 0 radical (unpaired) electrons. The number of carbonyl (C=O) groups excluding carboxylic acids is 4. The number of aromatic hydroxyl groups is 1. The van der Waals surface area contributed by atoms with Crippen molar-refractivity contribution < 1.29 is 34.2 Å². The van der Waals surface area contributed by atoms with E-state index in [9.17, 15) is 29.4 Å². The number of carboxylic acid groups (broad SMARTS) is 1. The van der Waals surface area contributed by atoms with Gasteiger partial charge in [0.15, 0.2) is 0 Å². The molecular weight excluding hydrogens is 679 g/mol. The van der Waals surface area contributed by atoms with Crippen LogP contribution in [-0.2, 0) is 24.6 Å². The highest BCUT2D eigenvalue weighted by Crippen LogP contribution is 2.65. The monoisotopic (exact) mass is 706 g/mol. The van der Waals surface area contributed by atoms with Crippen LogP contribution in [0.25, 0.3) is 0 Å². The van der Waals surface area contributed by atoms with Crippen molar-refractivity contribution in [1.82, 2.24) is 0 Å². The van der Waals surface area contributed by atoms with Gasteiger partial charge in [0.05, 0.1) is 40.1 Å². The van der Waals surface area contributed by atoms with Crippen molar-refractivity contribution in [2.24, 2.45) is 23.7 Å². The number of nitrogens with zero attached hydrogens (tertiary/aromatic N) is 2. The third kappa shape index (κ3) is 4.50. The highest BCUT2D eigenvalue weighted by Gasteiger charge is 2.70. The highest BCUT2D eigenvalue weighted by atomic mass is 35.5. The SMILES string of the molecule is O=C(O)c1cccc(N2C(=O)[C@H]3[C@H](CC=C4[C@H]3C[C@H]3C(=O)N(c5cccc(Cl)c5)C(=O)[C@@]3(c3ccccc3)[C@H]4c3cc(Cl)ccc3O)C2=O)c1. The van der Waals surface area contributed by atoms with Crippen LogP contribution in [0.1, 0.15) is 40.2 Å². The minimum absolute atomic E-state index is 0.0589. The number of rotatable bonds is 5. The zero-order chi connectivity index (χ0) is 35.1. The number of phenols is 1. The topological polar surface area (TPSA) is 132 Å². The number of imide groups is 2. The van der Waals surface area contributed by atoms with Crippen molar-refractivity contribution in [1.29, 1.82) is 0 Å². The number of phenolic OH excluding ortho intramolecular Hbond substituents is 1. The van der Waals surface area contributed by atoms with Crippen LogP contribution in [0.15, 0.2) is 109 Å². The van der Waals surface area contributed by atoms with Gasteiger partial charge in [-0.15, -0.1) is 0 Å². The molecule has 2 heterocycles. The van der Waals surface area contributed by atoms with Crippen molar-refractivity contribution in [3.8, 4) is 5.75 Å². The Morgan fingerprint density at radius 2 is 1.44 bits per heavy atom. The number of carboxylic acids is 1. The summed E-state index contributed by atoms with van der Waals surface area (Å²) < 4.78 is 0. The quantitative estimate of drug-likeness (QED) is 0.173. The zero-order valence-corrected chi connectivity index (χ0v) is 27.7. The third-order valence-electron chi connectivity index (χ3n) is 10.8. The summed E-state index contributed by atoms with van der Waals surface area (Å²) in [5, 5.41) is 21.7. The van der Waals surface area contributed by atoms with E-state index in [1.165, 1.54) is 36.4 Å². The average Bonchev–Trinajstić information content (AvgIpc) is 3.50. The first kappa shape index (κ1) is 32.0. The lowest BCUT2D eigenvalue weighted by molar-refractivity contribution is -0.127. The van der Waals surface area contributed by atoms with Gasteiger partial charge in [-0.2, -0.15) is 0 Å². The van der Waals surface area contributed by atoms with Crippen molar-refractivity contribution in [2.75, 3.05) is 9.80 Å². The van der Waals surface area contributed by atoms with E-state index in [0.717, 1.165) is 9.80 Å². The summed E-state index contributed by atoms with van der Waals surface area (Å²) in [6, 6.07) is 25.7. The molecule has 6 atom stereocenters. The molecular formula is C39H28Cl2N2O7. The number of halogens is 2. The molecule has 0 bridgehead atoms. The molecule has 0 unspecified atom stereocenters. The van der Waals surface area contributed by atoms with Gasteiger partial charge < -0.3 is 10.2 Å². The van der Waals surface area contributed by atoms with E-state index < -0.39 is 64.6 Å². The second-order valence-corrected chi connectivity index (χ2v) is 14.0. The third-order valence-corrected chi connectivity index (χ3v) is 11.3. The normalized spacial score (nSPS) is 27.2. The number of amides is 4. The van der Waals surface area contributed by atoms with Crippen LogP contribution in [0, 0.1) is 23.7 Å². The van der Waals surface area contributed by atoms with Gasteiger partial charge in [-0.1, -0.05) is 77.3 Å². The Hall–Kier alpha value is -5.25. The average molecular weight is 708 g/mol. The largest absolute Gasteiger partial charge is 0.508 e. The maximum Gasteiger partial charge on any atom is 0.335 e. The molecule has 2 N–H and O–H groups in total. The Kier molecular flexibility index (Phi) is 7.47. The molecule has 2 saturated heterocycles. The maximum atomic E-state index is 15.2. The summed E-state index contributed by atoms with van der Waals surface area (Å²) in [6.45, 7) is 0. The van der Waals surface area contributed by atoms with Crippen molar-refractivity contribution >= 4 is 64.2 Å². The highest BCUT2D eigenvalue weighted by molar-refractivity contribution is 6.32. The number of carbonyl (C=O) groups is 5. The number of fused-ring (bicyclic) bond motifs is 4. The summed E-state index contributed by atoms with van der Waals surface area (Å²) in [5.74, 6) is -7.65. The molecule has 8 rings (SSSR count). The first-order valence-electron chi connectivity index (χ1n) is 16.1. The fourth-order valence-electron chi connectivity index (χ4n) is 8.88. The minimum Gasteiger partial charge on any atom is -0.508 e. The summed E-state index contributed by atoms with van der Waals surface area (Å²) in [5.41, 5.74) is 0.317. The zero-order valence-electron chi connectivity index (χ0n) is 26.2. The molecule has 0 aromatic heterocycles. The molecule has 4 aliphatic rings. The molecule has 4 aromatic carbocycles. The lowest BCUT2D eigenvalue weighted by Crippen LogP contribution is -2.53. The van der Waals surface area contributed by atoms with Gasteiger partial charge in [0, 0.05) is 21.5 Å². The predicted molar refractivity (Wildman–Crippen MR) is 185 cm³/mol. The van der Waals surface area contributed by atoms with Gasteiger partial charge >= 0.3 is 5.97 Å². The lowest BCUT2D eigenvalue weighted by atomic mass is 9.49. The lowest BCUT2D eigenvalue weighted by Gasteiger charge is -2.50. The number of aromatic carboxylic acids is 1. The Morgan fingerprint density at radius 3 is 2.16 bits per heavy atom. The summed E-state index contributed by atoms with van der Waals surface area (Å²) in [4.78, 5) is 72.4. The van der Waals surface area contributed by atoms with Crippen LogP contribution in [-0.4, -0.2) is 39.8 Å². The van der Waals surface area contributed by atoms with Crippen LogP contribution in [0.3, 0.4) is 0 Å². The number of allylic oxidation sites excluding steroid dienone is 2. The van der Waals surface area contributed by atoms with Gasteiger partial charge in [-0.25, -0.2) is 9.69 Å². The predicted octanol–water partition coefficient (Wildman–Crippen LogP) is 6.76. The van der Waals surface area contributed by atoms with E-state index in [1.807, 2.05) is 12.1 Å². The van der Waals surface area contributed by atoms with Gasteiger partial charge in [0.25, 0.3) is 0 Å². The molecule has 1 saturated carbocycles. The fourth-order valence-corrected chi connectivity index (χ4v) is 9.24. The first-order valence-corrected chi connectivity index (χ1v) is 16.9. The smallest absolute Gasteiger partial charge is 0.335 e. The van der Waals surface area contributed by atoms with Crippen molar-refractivity contribution in [3.63, 3.8) is 0 Å². The van der Waals surface area contributed by atoms with Crippen LogP contribution in [0.5, 0.6) is 5.75 Å². The van der Waals surface area contributed by atoms with Gasteiger partial charge in [-0.05, 0) is 78.9 Å². The van der Waals surface area contributed by atoms with Gasteiger partial charge in [0.1, 0.15) is 5.75 Å². The second-order valence-electron chi connectivity index (χ2n) is 13.2. The molecule has 3 fully saturated rings. The van der Waals surface area contributed by atoms with Crippen molar-refractivity contribution in [3.05, 3.63) is 135 Å². The maximum absolute atomic E-state index is 15.2. The minimum atomic E-state index is -1.57. The van der Waals surface area contributed by atoms with E-state index in [4.69, 9.17) is 23.2 Å². The van der Waals surface area contributed by atoms with Gasteiger partial charge in [0.2, 0.25) is 23.6 Å². The van der Waals surface area contributed by atoms with E-state index in [0.29, 0.717) is 26.7 Å². The molecule has 4 amide bonds.